The second-order valence-electron chi connectivity index (χ2n) is 4.78. The summed E-state index contributed by atoms with van der Waals surface area (Å²) in [6.07, 6.45) is 0. The third-order valence-corrected chi connectivity index (χ3v) is 6.29. The van der Waals surface area contributed by atoms with Crippen LogP contribution in [-0.2, 0) is 14.8 Å². The summed E-state index contributed by atoms with van der Waals surface area (Å²) < 4.78 is 26.7. The van der Waals surface area contributed by atoms with Crippen molar-refractivity contribution in [2.45, 2.75) is 11.8 Å². The number of hydrogen-bond acceptors (Lipinski definition) is 3. The monoisotopic (exact) mass is 381 g/mol. The largest absolute Gasteiger partial charge is 0.481 e. The molecule has 110 valence electrons. The van der Waals surface area contributed by atoms with Crippen molar-refractivity contribution in [2.24, 2.45) is 11.8 Å². The van der Waals surface area contributed by atoms with Crippen molar-refractivity contribution in [2.75, 3.05) is 13.1 Å². The van der Waals surface area contributed by atoms with Crippen LogP contribution in [0.5, 0.6) is 0 Å². The second-order valence-corrected chi connectivity index (χ2v) is 8.01. The number of halogens is 2. The Bertz CT molecular complexity index is 643. The van der Waals surface area contributed by atoms with Gasteiger partial charge in [0.15, 0.2) is 0 Å². The van der Waals surface area contributed by atoms with Gasteiger partial charge in [-0.05, 0) is 24.1 Å². The Balaban J connectivity index is 2.16. The Kier molecular flexibility index (Phi) is 4.44. The Labute approximate surface area is 130 Å². The molecule has 1 heterocycles. The summed E-state index contributed by atoms with van der Waals surface area (Å²) in [6.45, 7) is 2.01. The lowest BCUT2D eigenvalue weighted by Crippen LogP contribution is -2.53. The van der Waals surface area contributed by atoms with Crippen molar-refractivity contribution in [1.29, 1.82) is 0 Å². The summed E-state index contributed by atoms with van der Waals surface area (Å²) in [5.74, 6) is -1.62. The van der Waals surface area contributed by atoms with Gasteiger partial charge in [-0.2, -0.15) is 4.31 Å². The maximum absolute atomic E-state index is 12.4. The zero-order valence-electron chi connectivity index (χ0n) is 10.6. The highest BCUT2D eigenvalue weighted by Crippen LogP contribution is 2.33. The van der Waals surface area contributed by atoms with Gasteiger partial charge in [-0.25, -0.2) is 8.42 Å². The normalized spacial score (nSPS) is 18.6. The average molecular weight is 383 g/mol. The summed E-state index contributed by atoms with van der Waals surface area (Å²) in [4.78, 5) is 10.9. The van der Waals surface area contributed by atoms with E-state index in [1.165, 1.54) is 16.4 Å². The average Bonchev–Trinajstić information content (AvgIpc) is 2.25. The summed E-state index contributed by atoms with van der Waals surface area (Å²) in [5, 5.41) is 9.05. The number of aliphatic carboxylic acids is 1. The summed E-state index contributed by atoms with van der Waals surface area (Å²) in [7, 11) is -3.65. The van der Waals surface area contributed by atoms with Gasteiger partial charge >= 0.3 is 5.97 Å². The molecule has 0 saturated carbocycles. The van der Waals surface area contributed by atoms with Crippen LogP contribution in [0.2, 0.25) is 5.02 Å². The van der Waals surface area contributed by atoms with Crippen LogP contribution in [0.25, 0.3) is 0 Å². The number of carboxylic acids is 1. The second kappa shape index (κ2) is 5.63. The van der Waals surface area contributed by atoms with Crippen LogP contribution in [0.15, 0.2) is 27.6 Å². The van der Waals surface area contributed by atoms with E-state index in [4.69, 9.17) is 16.7 Å². The van der Waals surface area contributed by atoms with Crippen molar-refractivity contribution < 1.29 is 18.3 Å². The van der Waals surface area contributed by atoms with Crippen molar-refractivity contribution in [1.82, 2.24) is 4.31 Å². The van der Waals surface area contributed by atoms with Gasteiger partial charge in [-0.1, -0.05) is 34.5 Å². The molecule has 0 spiro atoms. The molecule has 1 fully saturated rings. The van der Waals surface area contributed by atoms with E-state index < -0.39 is 21.9 Å². The van der Waals surface area contributed by atoms with Crippen LogP contribution in [0.3, 0.4) is 0 Å². The number of nitrogens with zero attached hydrogens (tertiary/aromatic N) is 1. The molecular weight excluding hydrogens is 370 g/mol. The quantitative estimate of drug-likeness (QED) is 0.868. The number of rotatable bonds is 4. The lowest BCUT2D eigenvalue weighted by Gasteiger charge is -2.40. The molecule has 1 aromatic carbocycles. The zero-order valence-corrected chi connectivity index (χ0v) is 13.7. The van der Waals surface area contributed by atoms with Crippen LogP contribution >= 0.6 is 27.5 Å². The molecular formula is C12H13BrClNO4S. The molecule has 8 heteroatoms. The third kappa shape index (κ3) is 2.86. The minimum absolute atomic E-state index is 0.0452. The first-order valence-corrected chi connectivity index (χ1v) is 8.52. The number of carboxylic acid groups (broad SMARTS) is 1. The lowest BCUT2D eigenvalue weighted by molar-refractivity contribution is -0.144. The minimum Gasteiger partial charge on any atom is -0.481 e. The van der Waals surface area contributed by atoms with Crippen LogP contribution < -0.4 is 0 Å². The fourth-order valence-electron chi connectivity index (χ4n) is 2.01. The van der Waals surface area contributed by atoms with Crippen molar-refractivity contribution in [3.8, 4) is 0 Å². The van der Waals surface area contributed by atoms with Crippen LogP contribution in [0, 0.1) is 11.8 Å². The van der Waals surface area contributed by atoms with E-state index in [0.29, 0.717) is 4.47 Å². The molecule has 1 saturated heterocycles. The predicted octanol–water partition coefficient (Wildman–Crippen LogP) is 2.44. The molecule has 20 heavy (non-hydrogen) atoms. The van der Waals surface area contributed by atoms with Crippen molar-refractivity contribution in [3.05, 3.63) is 27.7 Å². The van der Waals surface area contributed by atoms with E-state index in [1.807, 2.05) is 0 Å². The van der Waals surface area contributed by atoms with E-state index in [1.54, 1.807) is 13.0 Å². The van der Waals surface area contributed by atoms with E-state index >= 15 is 0 Å². The first-order chi connectivity index (χ1) is 9.23. The maximum atomic E-state index is 12.4. The smallest absolute Gasteiger partial charge is 0.306 e. The number of sulfonamides is 1. The van der Waals surface area contributed by atoms with E-state index in [2.05, 4.69) is 15.9 Å². The summed E-state index contributed by atoms with van der Waals surface area (Å²) in [6, 6.07) is 4.57. The molecule has 2 rings (SSSR count). The molecule has 0 amide bonds. The number of benzene rings is 1. The molecule has 0 bridgehead atoms. The number of carbonyl (C=O) groups is 1. The fourth-order valence-corrected chi connectivity index (χ4v) is 4.57. The van der Waals surface area contributed by atoms with Crippen molar-refractivity contribution >= 4 is 43.5 Å². The fraction of sp³-hybridized carbons (Fsp3) is 0.417. The van der Waals surface area contributed by atoms with Gasteiger partial charge in [-0.15, -0.1) is 0 Å². The van der Waals surface area contributed by atoms with Gasteiger partial charge in [0.25, 0.3) is 0 Å². The van der Waals surface area contributed by atoms with Gasteiger partial charge < -0.3 is 5.11 Å². The molecule has 0 aliphatic carbocycles. The van der Waals surface area contributed by atoms with Gasteiger partial charge in [0.2, 0.25) is 10.0 Å². The first-order valence-electron chi connectivity index (χ1n) is 5.91. The Morgan fingerprint density at radius 1 is 1.50 bits per heavy atom. The van der Waals surface area contributed by atoms with E-state index in [-0.39, 0.29) is 28.9 Å². The van der Waals surface area contributed by atoms with Gasteiger partial charge in [-0.3, -0.25) is 4.79 Å². The molecule has 5 nitrogen and oxygen atoms in total. The van der Waals surface area contributed by atoms with Crippen LogP contribution in [-0.4, -0.2) is 36.9 Å². The Morgan fingerprint density at radius 3 is 2.60 bits per heavy atom. The van der Waals surface area contributed by atoms with Crippen LogP contribution in [0.1, 0.15) is 6.92 Å². The highest BCUT2D eigenvalue weighted by atomic mass is 79.9. The summed E-state index contributed by atoms with van der Waals surface area (Å²) >= 11 is 9.18. The first kappa shape index (κ1) is 15.8. The Morgan fingerprint density at radius 2 is 2.10 bits per heavy atom. The lowest BCUT2D eigenvalue weighted by atomic mass is 9.89. The highest BCUT2D eigenvalue weighted by molar-refractivity contribution is 9.10. The van der Waals surface area contributed by atoms with Crippen LogP contribution in [0.4, 0.5) is 0 Å². The molecule has 1 atom stereocenters. The predicted molar refractivity (Wildman–Crippen MR) is 78.2 cm³/mol. The van der Waals surface area contributed by atoms with Crippen molar-refractivity contribution in [3.63, 3.8) is 0 Å². The van der Waals surface area contributed by atoms with E-state index in [9.17, 15) is 13.2 Å². The SMILES string of the molecule is CC(C(=O)O)C1CN(S(=O)(=O)c2ccc(Br)cc2Cl)C1. The van der Waals surface area contributed by atoms with E-state index in [0.717, 1.165) is 0 Å². The molecule has 1 aliphatic rings. The molecule has 1 aromatic rings. The minimum atomic E-state index is -3.65. The standard InChI is InChI=1S/C12H13BrClNO4S/c1-7(12(16)17)8-5-15(6-8)20(18,19)11-3-2-9(13)4-10(11)14/h2-4,7-8H,5-6H2,1H3,(H,16,17). The molecule has 1 N–H and O–H groups in total. The third-order valence-electron chi connectivity index (χ3n) is 3.48. The van der Waals surface area contributed by atoms with Gasteiger partial charge in [0, 0.05) is 17.6 Å². The van der Waals surface area contributed by atoms with Gasteiger partial charge in [0.05, 0.1) is 10.9 Å². The Hall–Kier alpha value is -0.630. The van der Waals surface area contributed by atoms with Gasteiger partial charge in [0.1, 0.15) is 4.90 Å². The highest BCUT2D eigenvalue weighted by Gasteiger charge is 2.41. The molecule has 0 aromatic heterocycles. The molecule has 1 aliphatic heterocycles. The number of hydrogen-bond donors (Lipinski definition) is 1. The summed E-state index contributed by atoms with van der Waals surface area (Å²) in [5.41, 5.74) is 0. The zero-order chi connectivity index (χ0) is 15.1. The molecule has 1 unspecified atom stereocenters. The maximum Gasteiger partial charge on any atom is 0.306 e. The topological polar surface area (TPSA) is 74.7 Å². The molecule has 0 radical (unpaired) electrons.